The summed E-state index contributed by atoms with van der Waals surface area (Å²) in [5.41, 5.74) is 1.75. The van der Waals surface area contributed by atoms with E-state index in [2.05, 4.69) is 17.6 Å². The molecule has 2 N–H and O–H groups in total. The van der Waals surface area contributed by atoms with Gasteiger partial charge in [-0.3, -0.25) is 4.90 Å². The van der Waals surface area contributed by atoms with Crippen molar-refractivity contribution in [3.8, 4) is 5.75 Å². The SMILES string of the molecule is C[C@@H](NCCCCc1cc(N2CC(=S)NC2=O)co1)c1ccc(F)c(OCC2CC2)c1. The van der Waals surface area contributed by atoms with E-state index >= 15 is 0 Å². The molecule has 8 heteroatoms. The summed E-state index contributed by atoms with van der Waals surface area (Å²) in [5, 5.41) is 6.11. The second-order valence-corrected chi connectivity index (χ2v) is 8.78. The van der Waals surface area contributed by atoms with Crippen LogP contribution in [0, 0.1) is 11.7 Å². The van der Waals surface area contributed by atoms with Crippen LogP contribution in [0.2, 0.25) is 0 Å². The van der Waals surface area contributed by atoms with E-state index in [1.807, 2.05) is 12.1 Å². The number of furan rings is 1. The highest BCUT2D eigenvalue weighted by Crippen LogP contribution is 2.31. The molecule has 1 aromatic carbocycles. The number of thiocarbonyl (C=S) groups is 1. The van der Waals surface area contributed by atoms with Gasteiger partial charge in [-0.05, 0) is 62.8 Å². The number of amides is 2. The van der Waals surface area contributed by atoms with E-state index in [-0.39, 0.29) is 17.9 Å². The number of hydrogen-bond donors (Lipinski definition) is 2. The van der Waals surface area contributed by atoms with Crippen molar-refractivity contribution in [2.24, 2.45) is 5.92 Å². The predicted octanol–water partition coefficient (Wildman–Crippen LogP) is 4.74. The van der Waals surface area contributed by atoms with Gasteiger partial charge in [0.2, 0.25) is 0 Å². The second-order valence-electron chi connectivity index (χ2n) is 8.29. The summed E-state index contributed by atoms with van der Waals surface area (Å²) in [6.07, 6.45) is 6.68. The summed E-state index contributed by atoms with van der Waals surface area (Å²) in [6, 6.07) is 6.89. The second kappa shape index (κ2) is 9.78. The Morgan fingerprint density at radius 3 is 2.94 bits per heavy atom. The molecule has 0 radical (unpaired) electrons. The van der Waals surface area contributed by atoms with E-state index in [1.54, 1.807) is 17.2 Å². The molecule has 2 amide bonds. The summed E-state index contributed by atoms with van der Waals surface area (Å²) >= 11 is 5.04. The monoisotopic (exact) mass is 445 g/mol. The molecule has 31 heavy (non-hydrogen) atoms. The zero-order valence-electron chi connectivity index (χ0n) is 17.7. The number of rotatable bonds is 11. The van der Waals surface area contributed by atoms with Gasteiger partial charge in [0.25, 0.3) is 0 Å². The van der Waals surface area contributed by atoms with Crippen LogP contribution in [0.25, 0.3) is 0 Å². The lowest BCUT2D eigenvalue weighted by Crippen LogP contribution is -2.27. The molecular formula is C23H28FN3O3S. The van der Waals surface area contributed by atoms with Gasteiger partial charge in [0.1, 0.15) is 17.0 Å². The first-order valence-electron chi connectivity index (χ1n) is 10.8. The average Bonchev–Trinajstić information content (AvgIpc) is 3.36. The van der Waals surface area contributed by atoms with Crippen molar-refractivity contribution in [1.82, 2.24) is 10.6 Å². The molecule has 166 valence electrons. The number of carbonyl (C=O) groups excluding carboxylic acids is 1. The molecule has 4 rings (SSSR count). The van der Waals surface area contributed by atoms with Gasteiger partial charge in [-0.2, -0.15) is 0 Å². The third-order valence-electron chi connectivity index (χ3n) is 5.67. The van der Waals surface area contributed by atoms with E-state index in [4.69, 9.17) is 21.4 Å². The molecule has 2 aliphatic rings. The Bertz CT molecular complexity index is 944. The number of aryl methyl sites for hydroxylation is 1. The Hall–Kier alpha value is -2.45. The van der Waals surface area contributed by atoms with Crippen LogP contribution < -0.4 is 20.3 Å². The van der Waals surface area contributed by atoms with Gasteiger partial charge < -0.3 is 19.8 Å². The minimum absolute atomic E-state index is 0.108. The lowest BCUT2D eigenvalue weighted by Gasteiger charge is -2.16. The molecule has 1 saturated carbocycles. The summed E-state index contributed by atoms with van der Waals surface area (Å²) in [4.78, 5) is 13.9. The summed E-state index contributed by atoms with van der Waals surface area (Å²) in [7, 11) is 0. The first-order chi connectivity index (χ1) is 15.0. The third-order valence-corrected chi connectivity index (χ3v) is 5.90. The fraction of sp³-hybridized carbons (Fsp3) is 0.478. The molecule has 1 aliphatic carbocycles. The van der Waals surface area contributed by atoms with E-state index in [9.17, 15) is 9.18 Å². The fourth-order valence-corrected chi connectivity index (χ4v) is 3.76. The van der Waals surface area contributed by atoms with Gasteiger partial charge in [0.05, 0.1) is 18.8 Å². The van der Waals surface area contributed by atoms with Crippen molar-refractivity contribution >= 4 is 28.9 Å². The molecule has 1 atom stereocenters. The van der Waals surface area contributed by atoms with E-state index < -0.39 is 0 Å². The van der Waals surface area contributed by atoms with Gasteiger partial charge in [0, 0.05) is 18.5 Å². The minimum atomic E-state index is -0.303. The lowest BCUT2D eigenvalue weighted by molar-refractivity contribution is 0.253. The maximum atomic E-state index is 14.0. The number of halogens is 1. The van der Waals surface area contributed by atoms with Crippen LogP contribution in [0.1, 0.15) is 50.0 Å². The fourth-order valence-electron chi connectivity index (χ4n) is 3.54. The molecule has 6 nitrogen and oxygen atoms in total. The Balaban J connectivity index is 1.18. The van der Waals surface area contributed by atoms with Crippen molar-refractivity contribution in [2.45, 2.75) is 45.1 Å². The zero-order valence-corrected chi connectivity index (χ0v) is 18.5. The van der Waals surface area contributed by atoms with Crippen LogP contribution in [-0.4, -0.2) is 30.7 Å². The molecule has 0 spiro atoms. The number of hydrogen-bond acceptors (Lipinski definition) is 5. The number of unbranched alkanes of at least 4 members (excludes halogenated alkanes) is 1. The van der Waals surface area contributed by atoms with Crippen molar-refractivity contribution < 1.29 is 18.3 Å². The summed E-state index contributed by atoms with van der Waals surface area (Å²) in [5.74, 6) is 1.49. The topological polar surface area (TPSA) is 66.7 Å². The highest BCUT2D eigenvalue weighted by Gasteiger charge is 2.26. The number of benzene rings is 1. The van der Waals surface area contributed by atoms with Crippen LogP contribution in [-0.2, 0) is 6.42 Å². The highest BCUT2D eigenvalue weighted by molar-refractivity contribution is 7.80. The Labute approximate surface area is 187 Å². The molecule has 1 saturated heterocycles. The smallest absolute Gasteiger partial charge is 0.327 e. The van der Waals surface area contributed by atoms with Crippen molar-refractivity contribution in [3.05, 3.63) is 47.7 Å². The van der Waals surface area contributed by atoms with Crippen LogP contribution >= 0.6 is 12.2 Å². The number of nitrogens with zero attached hydrogens (tertiary/aromatic N) is 1. The molecule has 2 fully saturated rings. The first kappa shape index (κ1) is 21.8. The number of anilines is 1. The predicted molar refractivity (Wildman–Crippen MR) is 121 cm³/mol. The summed E-state index contributed by atoms with van der Waals surface area (Å²) in [6.45, 7) is 3.91. The van der Waals surface area contributed by atoms with Gasteiger partial charge >= 0.3 is 6.03 Å². The highest BCUT2D eigenvalue weighted by atomic mass is 32.1. The van der Waals surface area contributed by atoms with E-state index in [0.29, 0.717) is 29.8 Å². The zero-order chi connectivity index (χ0) is 21.8. The molecule has 2 heterocycles. The maximum Gasteiger partial charge on any atom is 0.327 e. The number of nitrogens with one attached hydrogen (secondary N) is 2. The van der Waals surface area contributed by atoms with Crippen molar-refractivity contribution in [2.75, 3.05) is 24.6 Å². The van der Waals surface area contributed by atoms with Crippen LogP contribution in [0.5, 0.6) is 5.75 Å². The lowest BCUT2D eigenvalue weighted by atomic mass is 10.1. The largest absolute Gasteiger partial charge is 0.490 e. The standard InChI is InChI=1S/C23H28FN3O3S/c1-15(17-7-8-20(24)21(10-17)30-13-16-5-6-16)25-9-3-2-4-19-11-18(14-29-19)27-12-22(31)26-23(27)28/h7-8,10-11,14-16,25H,2-6,9,12-13H2,1H3,(H,26,28,31)/t15-/m1/s1. The van der Waals surface area contributed by atoms with Gasteiger partial charge in [-0.25, -0.2) is 9.18 Å². The van der Waals surface area contributed by atoms with Gasteiger partial charge in [-0.1, -0.05) is 18.3 Å². The van der Waals surface area contributed by atoms with Gasteiger partial charge in [-0.15, -0.1) is 0 Å². The molecule has 0 unspecified atom stereocenters. The van der Waals surface area contributed by atoms with E-state index in [0.717, 1.165) is 42.8 Å². The summed E-state index contributed by atoms with van der Waals surface area (Å²) < 4.78 is 25.2. The van der Waals surface area contributed by atoms with Crippen molar-refractivity contribution in [3.63, 3.8) is 0 Å². The molecule has 1 aliphatic heterocycles. The first-order valence-corrected chi connectivity index (χ1v) is 11.2. The minimum Gasteiger partial charge on any atom is -0.490 e. The van der Waals surface area contributed by atoms with Gasteiger partial charge in [0.15, 0.2) is 11.6 Å². The number of carbonyl (C=O) groups is 1. The average molecular weight is 446 g/mol. The third kappa shape index (κ3) is 5.83. The van der Waals surface area contributed by atoms with E-state index in [1.165, 1.54) is 18.9 Å². The van der Waals surface area contributed by atoms with Crippen LogP contribution in [0.15, 0.2) is 34.9 Å². The number of ether oxygens (including phenoxy) is 1. The van der Waals surface area contributed by atoms with Crippen molar-refractivity contribution in [1.29, 1.82) is 0 Å². The number of urea groups is 1. The Kier molecular flexibility index (Phi) is 6.87. The maximum absolute atomic E-state index is 14.0. The normalized spacial score (nSPS) is 17.2. The molecule has 0 bridgehead atoms. The quantitative estimate of drug-likeness (QED) is 0.386. The molecule has 1 aromatic heterocycles. The van der Waals surface area contributed by atoms with Crippen LogP contribution in [0.3, 0.4) is 0 Å². The molecular weight excluding hydrogens is 417 g/mol. The molecule has 2 aromatic rings. The Morgan fingerprint density at radius 1 is 1.35 bits per heavy atom. The van der Waals surface area contributed by atoms with Crippen LogP contribution in [0.4, 0.5) is 14.9 Å². The Morgan fingerprint density at radius 2 is 2.19 bits per heavy atom.